The van der Waals surface area contributed by atoms with Crippen molar-refractivity contribution in [2.75, 3.05) is 31.3 Å². The molecule has 0 saturated carbocycles. The Morgan fingerprint density at radius 3 is 2.53 bits per heavy atom. The number of ether oxygens (including phenoxy) is 3. The summed E-state index contributed by atoms with van der Waals surface area (Å²) in [4.78, 5) is 26.3. The molecule has 0 unspecified atom stereocenters. The van der Waals surface area contributed by atoms with Crippen molar-refractivity contribution in [3.05, 3.63) is 59.2 Å². The van der Waals surface area contributed by atoms with Gasteiger partial charge in [0.15, 0.2) is 5.78 Å². The summed E-state index contributed by atoms with van der Waals surface area (Å²) in [6.45, 7) is 5.19. The van der Waals surface area contributed by atoms with E-state index >= 15 is 0 Å². The first kappa shape index (κ1) is 20.6. The third-order valence-corrected chi connectivity index (χ3v) is 5.59. The van der Waals surface area contributed by atoms with Gasteiger partial charge in [0.1, 0.15) is 12.4 Å². The second-order valence-electron chi connectivity index (χ2n) is 7.65. The lowest BCUT2D eigenvalue weighted by Gasteiger charge is -2.22. The topological polar surface area (TPSA) is 65.1 Å². The second kappa shape index (κ2) is 8.58. The summed E-state index contributed by atoms with van der Waals surface area (Å²) >= 11 is 0. The molecule has 2 aliphatic heterocycles. The van der Waals surface area contributed by atoms with Crippen molar-refractivity contribution in [1.29, 1.82) is 0 Å². The molecule has 4 rings (SSSR count). The number of hydrogen-bond acceptors (Lipinski definition) is 5. The van der Waals surface area contributed by atoms with Crippen molar-refractivity contribution in [2.45, 2.75) is 38.9 Å². The van der Waals surface area contributed by atoms with Gasteiger partial charge in [-0.3, -0.25) is 9.59 Å². The Hall–Kier alpha value is -2.70. The summed E-state index contributed by atoms with van der Waals surface area (Å²) in [7, 11) is 0. The number of fused-ring (bicyclic) bond motifs is 2. The Balaban J connectivity index is 1.50. The monoisotopic (exact) mass is 409 g/mol. The predicted octanol–water partition coefficient (Wildman–Crippen LogP) is 3.86. The lowest BCUT2D eigenvalue weighted by atomic mass is 10.0. The number of aryl methyl sites for hydroxylation is 1. The van der Waals surface area contributed by atoms with E-state index in [2.05, 4.69) is 19.1 Å². The smallest absolute Gasteiger partial charge is 0.292 e. The summed E-state index contributed by atoms with van der Waals surface area (Å²) in [5.41, 5.74) is 3.44. The lowest BCUT2D eigenvalue weighted by Crippen LogP contribution is -2.42. The first-order valence-corrected chi connectivity index (χ1v) is 10.5. The van der Waals surface area contributed by atoms with Crippen molar-refractivity contribution in [3.63, 3.8) is 0 Å². The number of amides is 1. The maximum atomic E-state index is 13.3. The van der Waals surface area contributed by atoms with Crippen molar-refractivity contribution in [2.24, 2.45) is 0 Å². The van der Waals surface area contributed by atoms with Gasteiger partial charge in [-0.15, -0.1) is 0 Å². The molecule has 2 aromatic rings. The van der Waals surface area contributed by atoms with Gasteiger partial charge in [0.2, 0.25) is 0 Å². The summed E-state index contributed by atoms with van der Waals surface area (Å²) in [5, 5.41) is 0. The number of Topliss-reactive ketones (excluding diaryl/α,β-unsaturated/α-hetero) is 1. The van der Waals surface area contributed by atoms with Gasteiger partial charge < -0.3 is 19.1 Å². The Labute approximate surface area is 176 Å². The molecule has 6 nitrogen and oxygen atoms in total. The van der Waals surface area contributed by atoms with E-state index in [0.29, 0.717) is 37.7 Å². The number of benzene rings is 2. The average Bonchev–Trinajstić information content (AvgIpc) is 3.33. The van der Waals surface area contributed by atoms with Gasteiger partial charge in [-0.2, -0.15) is 0 Å². The van der Waals surface area contributed by atoms with Gasteiger partial charge in [-0.1, -0.05) is 19.4 Å². The molecule has 158 valence electrons. The predicted molar refractivity (Wildman–Crippen MR) is 113 cm³/mol. The highest BCUT2D eigenvalue weighted by atomic mass is 16.7. The van der Waals surface area contributed by atoms with Gasteiger partial charge in [-0.25, -0.2) is 0 Å². The quantitative estimate of drug-likeness (QED) is 0.620. The molecule has 2 aromatic carbocycles. The fourth-order valence-electron chi connectivity index (χ4n) is 3.97. The zero-order chi connectivity index (χ0) is 21.1. The van der Waals surface area contributed by atoms with Crippen LogP contribution in [0, 0.1) is 0 Å². The SMILES string of the molecule is CCCCc1ccc2c(c1)C1(OCCO1)C(=O)N2CCOc1ccc(C(C)=O)cc1. The molecule has 0 aromatic heterocycles. The van der Waals surface area contributed by atoms with Crippen LogP contribution in [-0.2, 0) is 26.5 Å². The molecule has 1 fully saturated rings. The molecule has 0 N–H and O–H groups in total. The molecule has 1 saturated heterocycles. The maximum absolute atomic E-state index is 13.3. The number of anilines is 1. The van der Waals surface area contributed by atoms with Gasteiger partial charge in [-0.05, 0) is 61.7 Å². The zero-order valence-electron chi connectivity index (χ0n) is 17.5. The molecule has 1 amide bonds. The van der Waals surface area contributed by atoms with Crippen LogP contribution >= 0.6 is 0 Å². The van der Waals surface area contributed by atoms with Crippen molar-refractivity contribution in [1.82, 2.24) is 0 Å². The van der Waals surface area contributed by atoms with E-state index in [1.165, 1.54) is 12.5 Å². The molecule has 1 spiro atoms. The Bertz CT molecular complexity index is 931. The normalized spacial score (nSPS) is 16.9. The standard InChI is InChI=1S/C24H27NO5/c1-3-4-5-18-6-11-22-21(16-18)24(29-14-15-30-24)23(27)25(22)12-13-28-20-9-7-19(8-10-20)17(2)26/h6-11,16H,3-5,12-15H2,1-2H3. The van der Waals surface area contributed by atoms with Gasteiger partial charge in [0.25, 0.3) is 11.7 Å². The van der Waals surface area contributed by atoms with Crippen LogP contribution in [0.25, 0.3) is 0 Å². The zero-order valence-corrected chi connectivity index (χ0v) is 17.5. The summed E-state index contributed by atoms with van der Waals surface area (Å²) < 4.78 is 17.5. The van der Waals surface area contributed by atoms with Crippen LogP contribution < -0.4 is 9.64 Å². The minimum absolute atomic E-state index is 0.0148. The Morgan fingerprint density at radius 2 is 1.87 bits per heavy atom. The molecule has 2 heterocycles. The number of ketones is 1. The van der Waals surface area contributed by atoms with Crippen LogP contribution in [0.5, 0.6) is 5.75 Å². The first-order chi connectivity index (χ1) is 14.5. The first-order valence-electron chi connectivity index (χ1n) is 10.5. The van der Waals surface area contributed by atoms with Gasteiger partial charge in [0, 0.05) is 11.1 Å². The van der Waals surface area contributed by atoms with Crippen LogP contribution in [0.2, 0.25) is 0 Å². The minimum atomic E-state index is -1.32. The van der Waals surface area contributed by atoms with Gasteiger partial charge >= 0.3 is 0 Å². The largest absolute Gasteiger partial charge is 0.492 e. The number of carbonyl (C=O) groups is 2. The number of nitrogens with zero attached hydrogens (tertiary/aromatic N) is 1. The highest BCUT2D eigenvalue weighted by Crippen LogP contribution is 2.46. The fourth-order valence-corrected chi connectivity index (χ4v) is 3.97. The van der Waals surface area contributed by atoms with Crippen LogP contribution in [0.1, 0.15) is 48.2 Å². The van der Waals surface area contributed by atoms with Crippen LogP contribution in [0.15, 0.2) is 42.5 Å². The summed E-state index contributed by atoms with van der Waals surface area (Å²) in [6, 6.07) is 13.1. The molecule has 0 radical (unpaired) electrons. The third kappa shape index (κ3) is 3.73. The Morgan fingerprint density at radius 1 is 1.13 bits per heavy atom. The Kier molecular flexibility index (Phi) is 5.88. The third-order valence-electron chi connectivity index (χ3n) is 5.59. The molecule has 0 atom stereocenters. The van der Waals surface area contributed by atoms with E-state index < -0.39 is 5.79 Å². The molecular weight excluding hydrogens is 382 g/mol. The fraction of sp³-hybridized carbons (Fsp3) is 0.417. The molecule has 0 aliphatic carbocycles. The molecule has 30 heavy (non-hydrogen) atoms. The van der Waals surface area contributed by atoms with E-state index in [1.54, 1.807) is 29.2 Å². The van der Waals surface area contributed by atoms with E-state index in [0.717, 1.165) is 30.5 Å². The molecular formula is C24H27NO5. The van der Waals surface area contributed by atoms with E-state index in [-0.39, 0.29) is 11.7 Å². The lowest BCUT2D eigenvalue weighted by molar-refractivity contribution is -0.180. The highest BCUT2D eigenvalue weighted by molar-refractivity contribution is 6.06. The molecule has 2 aliphatic rings. The van der Waals surface area contributed by atoms with E-state index in [9.17, 15) is 9.59 Å². The van der Waals surface area contributed by atoms with Crippen LogP contribution in [0.4, 0.5) is 5.69 Å². The molecule has 0 bridgehead atoms. The summed E-state index contributed by atoms with van der Waals surface area (Å²) in [5.74, 6) is -0.843. The van der Waals surface area contributed by atoms with Crippen molar-refractivity contribution < 1.29 is 23.8 Å². The van der Waals surface area contributed by atoms with Gasteiger partial charge in [0.05, 0.1) is 25.4 Å². The van der Waals surface area contributed by atoms with Crippen LogP contribution in [-0.4, -0.2) is 38.1 Å². The summed E-state index contributed by atoms with van der Waals surface area (Å²) in [6.07, 6.45) is 3.18. The van der Waals surface area contributed by atoms with Crippen LogP contribution in [0.3, 0.4) is 0 Å². The highest BCUT2D eigenvalue weighted by Gasteiger charge is 2.56. The van der Waals surface area contributed by atoms with E-state index in [4.69, 9.17) is 14.2 Å². The van der Waals surface area contributed by atoms with Crippen molar-refractivity contribution >= 4 is 17.4 Å². The number of unbranched alkanes of at least 4 members (excludes halogenated alkanes) is 1. The minimum Gasteiger partial charge on any atom is -0.492 e. The second-order valence-corrected chi connectivity index (χ2v) is 7.65. The number of rotatable bonds is 8. The number of carbonyl (C=O) groups excluding carboxylic acids is 2. The average molecular weight is 409 g/mol. The molecule has 6 heteroatoms. The van der Waals surface area contributed by atoms with Crippen molar-refractivity contribution in [3.8, 4) is 5.75 Å². The number of hydrogen-bond donors (Lipinski definition) is 0. The van der Waals surface area contributed by atoms with E-state index in [1.807, 2.05) is 6.07 Å². The maximum Gasteiger partial charge on any atom is 0.292 e.